The first-order valence-electron chi connectivity index (χ1n) is 9.16. The van der Waals surface area contributed by atoms with Crippen molar-refractivity contribution in [3.63, 3.8) is 0 Å². The van der Waals surface area contributed by atoms with Gasteiger partial charge in [-0.05, 0) is 35.6 Å². The zero-order chi connectivity index (χ0) is 17.2. The maximum absolute atomic E-state index is 9.85. The molecule has 2 heterocycles. The number of aliphatic hydroxyl groups excluding tert-OH is 2. The van der Waals surface area contributed by atoms with Crippen LogP contribution in [0, 0.1) is 0 Å². The summed E-state index contributed by atoms with van der Waals surface area (Å²) in [7, 11) is 0. The molecule has 2 aliphatic rings. The fourth-order valence-electron chi connectivity index (χ4n) is 4.17. The standard InChI is InChI=1S/C21H26N2O2/c24-15-19-11-20(25)14-23(19)13-17-6-7-21-18(10-17)8-9-22(21)12-16-4-2-1-3-5-16/h1-7,10,19-20,24-25H,8-9,11-15H2/t19-,20+/m0/s1. The van der Waals surface area contributed by atoms with Gasteiger partial charge in [-0.2, -0.15) is 0 Å². The van der Waals surface area contributed by atoms with Crippen LogP contribution in [0.15, 0.2) is 48.5 Å². The van der Waals surface area contributed by atoms with E-state index >= 15 is 0 Å². The molecule has 0 aliphatic carbocycles. The number of β-amino-alcohol motifs (C(OH)–C–C–N with tert-alkyl or cyclic N) is 1. The third kappa shape index (κ3) is 3.56. The Kier molecular flexibility index (Phi) is 4.75. The molecular formula is C21H26N2O2. The van der Waals surface area contributed by atoms with Crippen molar-refractivity contribution in [2.75, 3.05) is 24.6 Å². The second-order valence-corrected chi connectivity index (χ2v) is 7.28. The van der Waals surface area contributed by atoms with E-state index < -0.39 is 0 Å². The minimum absolute atomic E-state index is 0.0813. The van der Waals surface area contributed by atoms with Gasteiger partial charge < -0.3 is 15.1 Å². The van der Waals surface area contributed by atoms with E-state index in [2.05, 4.69) is 58.3 Å². The third-order valence-electron chi connectivity index (χ3n) is 5.45. The summed E-state index contributed by atoms with van der Waals surface area (Å²) in [5.74, 6) is 0. The topological polar surface area (TPSA) is 46.9 Å². The molecule has 132 valence electrons. The lowest BCUT2D eigenvalue weighted by Crippen LogP contribution is -2.31. The molecule has 0 unspecified atom stereocenters. The van der Waals surface area contributed by atoms with Gasteiger partial charge in [-0.1, -0.05) is 42.5 Å². The summed E-state index contributed by atoms with van der Waals surface area (Å²) in [4.78, 5) is 4.65. The molecule has 25 heavy (non-hydrogen) atoms. The van der Waals surface area contributed by atoms with E-state index in [1.165, 1.54) is 22.4 Å². The largest absolute Gasteiger partial charge is 0.395 e. The van der Waals surface area contributed by atoms with Crippen LogP contribution in [-0.4, -0.2) is 47.0 Å². The van der Waals surface area contributed by atoms with Crippen molar-refractivity contribution in [2.24, 2.45) is 0 Å². The zero-order valence-corrected chi connectivity index (χ0v) is 14.5. The zero-order valence-electron chi connectivity index (χ0n) is 14.5. The minimum Gasteiger partial charge on any atom is -0.395 e. The minimum atomic E-state index is -0.312. The van der Waals surface area contributed by atoms with Crippen molar-refractivity contribution in [2.45, 2.75) is 38.1 Å². The van der Waals surface area contributed by atoms with Crippen molar-refractivity contribution >= 4 is 5.69 Å². The average molecular weight is 338 g/mol. The number of nitrogens with zero attached hydrogens (tertiary/aromatic N) is 2. The van der Waals surface area contributed by atoms with Crippen molar-refractivity contribution in [3.05, 3.63) is 65.2 Å². The molecule has 1 fully saturated rings. The van der Waals surface area contributed by atoms with Crippen molar-refractivity contribution in [1.29, 1.82) is 0 Å². The molecule has 0 amide bonds. The van der Waals surface area contributed by atoms with Gasteiger partial charge in [-0.15, -0.1) is 0 Å². The van der Waals surface area contributed by atoms with E-state index in [4.69, 9.17) is 0 Å². The number of rotatable bonds is 5. The number of fused-ring (bicyclic) bond motifs is 1. The first kappa shape index (κ1) is 16.6. The van der Waals surface area contributed by atoms with Gasteiger partial charge in [0, 0.05) is 37.9 Å². The predicted octanol–water partition coefficient (Wildman–Crippen LogP) is 2.18. The van der Waals surface area contributed by atoms with Gasteiger partial charge in [0.15, 0.2) is 0 Å². The van der Waals surface area contributed by atoms with Gasteiger partial charge in [-0.3, -0.25) is 4.90 Å². The van der Waals surface area contributed by atoms with E-state index in [9.17, 15) is 10.2 Å². The van der Waals surface area contributed by atoms with Crippen molar-refractivity contribution < 1.29 is 10.2 Å². The van der Waals surface area contributed by atoms with Crippen LogP contribution in [0.1, 0.15) is 23.1 Å². The average Bonchev–Trinajstić information content (AvgIpc) is 3.19. The van der Waals surface area contributed by atoms with Crippen LogP contribution < -0.4 is 4.90 Å². The van der Waals surface area contributed by atoms with Crippen LogP contribution in [0.25, 0.3) is 0 Å². The van der Waals surface area contributed by atoms with Crippen LogP contribution >= 0.6 is 0 Å². The van der Waals surface area contributed by atoms with Gasteiger partial charge in [0.05, 0.1) is 12.7 Å². The van der Waals surface area contributed by atoms with E-state index in [0.29, 0.717) is 13.0 Å². The Balaban J connectivity index is 1.46. The molecule has 0 aromatic heterocycles. The number of aliphatic hydroxyl groups is 2. The lowest BCUT2D eigenvalue weighted by Gasteiger charge is -2.23. The molecule has 4 heteroatoms. The highest BCUT2D eigenvalue weighted by Gasteiger charge is 2.30. The number of likely N-dealkylation sites (tertiary alicyclic amines) is 1. The van der Waals surface area contributed by atoms with Crippen LogP contribution in [-0.2, 0) is 19.5 Å². The molecule has 4 nitrogen and oxygen atoms in total. The first-order chi connectivity index (χ1) is 12.2. The van der Waals surface area contributed by atoms with Crippen molar-refractivity contribution in [3.8, 4) is 0 Å². The second-order valence-electron chi connectivity index (χ2n) is 7.28. The SMILES string of the molecule is OC[C@@H]1C[C@@H](O)CN1Cc1ccc2c(c1)CCN2Cc1ccccc1. The first-order valence-corrected chi connectivity index (χ1v) is 9.16. The number of anilines is 1. The molecule has 4 rings (SSSR count). The Labute approximate surface area is 149 Å². The van der Waals surface area contributed by atoms with Crippen molar-refractivity contribution in [1.82, 2.24) is 4.90 Å². The normalized spacial score (nSPS) is 23.2. The molecule has 2 N–H and O–H groups in total. The van der Waals surface area contributed by atoms with E-state index in [0.717, 1.165) is 26.1 Å². The fraction of sp³-hybridized carbons (Fsp3) is 0.429. The monoisotopic (exact) mass is 338 g/mol. The van der Waals surface area contributed by atoms with Crippen LogP contribution in [0.2, 0.25) is 0 Å². The summed E-state index contributed by atoms with van der Waals surface area (Å²) < 4.78 is 0. The molecule has 0 bridgehead atoms. The predicted molar refractivity (Wildman–Crippen MR) is 99.5 cm³/mol. The van der Waals surface area contributed by atoms with Crippen LogP contribution in [0.3, 0.4) is 0 Å². The molecule has 1 saturated heterocycles. The third-order valence-corrected chi connectivity index (χ3v) is 5.45. The lowest BCUT2D eigenvalue weighted by molar-refractivity contribution is 0.150. The number of benzene rings is 2. The van der Waals surface area contributed by atoms with Crippen LogP contribution in [0.5, 0.6) is 0 Å². The Morgan fingerprint density at radius 2 is 1.84 bits per heavy atom. The van der Waals surface area contributed by atoms with E-state index in [1.54, 1.807) is 0 Å². The molecular weight excluding hydrogens is 312 g/mol. The summed E-state index contributed by atoms with van der Waals surface area (Å²) >= 11 is 0. The summed E-state index contributed by atoms with van der Waals surface area (Å²) in [6.07, 6.45) is 1.45. The second kappa shape index (κ2) is 7.16. The lowest BCUT2D eigenvalue weighted by atomic mass is 10.1. The fourth-order valence-corrected chi connectivity index (χ4v) is 4.17. The molecule has 2 aliphatic heterocycles. The van der Waals surface area contributed by atoms with E-state index in [1.807, 2.05) is 0 Å². The maximum Gasteiger partial charge on any atom is 0.0683 e. The summed E-state index contributed by atoms with van der Waals surface area (Å²) in [5, 5.41) is 19.4. The summed E-state index contributed by atoms with van der Waals surface area (Å²) in [6, 6.07) is 17.4. The number of hydrogen-bond acceptors (Lipinski definition) is 4. The Bertz CT molecular complexity index is 719. The smallest absolute Gasteiger partial charge is 0.0683 e. The quantitative estimate of drug-likeness (QED) is 0.877. The molecule has 2 aromatic rings. The number of hydrogen-bond donors (Lipinski definition) is 2. The highest BCUT2D eigenvalue weighted by atomic mass is 16.3. The van der Waals surface area contributed by atoms with Gasteiger partial charge >= 0.3 is 0 Å². The van der Waals surface area contributed by atoms with Gasteiger partial charge in [-0.25, -0.2) is 0 Å². The molecule has 0 saturated carbocycles. The molecule has 2 atom stereocenters. The Morgan fingerprint density at radius 3 is 2.64 bits per heavy atom. The van der Waals surface area contributed by atoms with E-state index in [-0.39, 0.29) is 18.8 Å². The molecule has 0 spiro atoms. The van der Waals surface area contributed by atoms with Gasteiger partial charge in [0.25, 0.3) is 0 Å². The highest BCUT2D eigenvalue weighted by Crippen LogP contribution is 2.31. The maximum atomic E-state index is 9.85. The van der Waals surface area contributed by atoms with Gasteiger partial charge in [0.2, 0.25) is 0 Å². The summed E-state index contributed by atoms with van der Waals surface area (Å²) in [6.45, 7) is 3.59. The summed E-state index contributed by atoms with van der Waals surface area (Å²) in [5.41, 5.74) is 5.37. The molecule has 0 radical (unpaired) electrons. The van der Waals surface area contributed by atoms with Crippen LogP contribution in [0.4, 0.5) is 5.69 Å². The Hall–Kier alpha value is -1.88. The van der Waals surface area contributed by atoms with Gasteiger partial charge in [0.1, 0.15) is 0 Å². The Morgan fingerprint density at radius 1 is 1.00 bits per heavy atom. The highest BCUT2D eigenvalue weighted by molar-refractivity contribution is 5.59. The molecule has 2 aromatic carbocycles.